The predicted molar refractivity (Wildman–Crippen MR) is 86.2 cm³/mol. The molecule has 1 atom stereocenters. The Morgan fingerprint density at radius 3 is 2.35 bits per heavy atom. The van der Waals surface area contributed by atoms with Gasteiger partial charge in [0.25, 0.3) is 0 Å². The van der Waals surface area contributed by atoms with E-state index in [0.717, 1.165) is 25.4 Å². The van der Waals surface area contributed by atoms with Gasteiger partial charge in [0.2, 0.25) is 0 Å². The minimum atomic E-state index is 0.247. The Morgan fingerprint density at radius 1 is 1.25 bits per heavy atom. The predicted octanol–water partition coefficient (Wildman–Crippen LogP) is 3.15. The van der Waals surface area contributed by atoms with Gasteiger partial charge < -0.3 is 15.0 Å². The van der Waals surface area contributed by atoms with Crippen LogP contribution in [0.25, 0.3) is 0 Å². The van der Waals surface area contributed by atoms with Gasteiger partial charge in [0.1, 0.15) is 5.75 Å². The summed E-state index contributed by atoms with van der Waals surface area (Å²) in [6.07, 6.45) is 0. The van der Waals surface area contributed by atoms with Gasteiger partial charge in [-0.2, -0.15) is 0 Å². The van der Waals surface area contributed by atoms with Crippen molar-refractivity contribution in [2.45, 2.75) is 40.3 Å². The van der Waals surface area contributed by atoms with Crippen LogP contribution in [0.5, 0.6) is 5.75 Å². The highest BCUT2D eigenvalue weighted by atomic mass is 16.5. The molecule has 0 aliphatic carbocycles. The number of nitrogens with zero attached hydrogens (tertiary/aromatic N) is 1. The molecule has 1 aromatic carbocycles. The Morgan fingerprint density at radius 2 is 1.85 bits per heavy atom. The van der Waals surface area contributed by atoms with Crippen LogP contribution in [-0.2, 0) is 6.54 Å². The van der Waals surface area contributed by atoms with Crippen molar-refractivity contribution in [1.29, 1.82) is 0 Å². The molecule has 1 N–H and O–H groups in total. The van der Waals surface area contributed by atoms with Crippen molar-refractivity contribution >= 4 is 0 Å². The average Bonchev–Trinajstić information content (AvgIpc) is 2.39. The first-order chi connectivity index (χ1) is 9.39. The van der Waals surface area contributed by atoms with Gasteiger partial charge in [-0.1, -0.05) is 32.9 Å². The van der Waals surface area contributed by atoms with Crippen LogP contribution in [0.4, 0.5) is 0 Å². The first-order valence-electron chi connectivity index (χ1n) is 7.44. The van der Waals surface area contributed by atoms with Crippen LogP contribution < -0.4 is 10.1 Å². The molecule has 1 unspecified atom stereocenters. The summed E-state index contributed by atoms with van der Waals surface area (Å²) in [7, 11) is 3.89. The summed E-state index contributed by atoms with van der Waals surface area (Å²) in [5, 5.41) is 3.53. The highest BCUT2D eigenvalue weighted by Crippen LogP contribution is 2.22. The summed E-state index contributed by atoms with van der Waals surface area (Å²) >= 11 is 0. The molecule has 1 rings (SSSR count). The van der Waals surface area contributed by atoms with E-state index in [1.54, 1.807) is 7.11 Å². The lowest BCUT2D eigenvalue weighted by molar-refractivity contribution is 0.161. The van der Waals surface area contributed by atoms with E-state index in [2.05, 4.69) is 57.1 Å². The Labute approximate surface area is 124 Å². The topological polar surface area (TPSA) is 24.5 Å². The van der Waals surface area contributed by atoms with E-state index < -0.39 is 0 Å². The van der Waals surface area contributed by atoms with Crippen molar-refractivity contribution in [3.8, 4) is 5.75 Å². The van der Waals surface area contributed by atoms with Crippen LogP contribution in [0.1, 0.15) is 33.3 Å². The van der Waals surface area contributed by atoms with Crippen molar-refractivity contribution < 1.29 is 4.74 Å². The summed E-state index contributed by atoms with van der Waals surface area (Å²) in [6.45, 7) is 12.1. The number of hydrogen-bond donors (Lipinski definition) is 1. The SMILES string of the molecule is CCNC(C)C(C)(C)CN(C)Cc1ccc(OC)cc1. The second-order valence-electron chi connectivity index (χ2n) is 6.29. The average molecular weight is 278 g/mol. The van der Waals surface area contributed by atoms with Crippen molar-refractivity contribution in [2.75, 3.05) is 27.2 Å². The van der Waals surface area contributed by atoms with Gasteiger partial charge in [0.15, 0.2) is 0 Å². The molecule has 0 bridgehead atoms. The summed E-state index contributed by atoms with van der Waals surface area (Å²) in [5.41, 5.74) is 1.57. The fourth-order valence-electron chi connectivity index (χ4n) is 2.51. The minimum absolute atomic E-state index is 0.247. The molecule has 20 heavy (non-hydrogen) atoms. The number of ether oxygens (including phenoxy) is 1. The number of hydrogen-bond acceptors (Lipinski definition) is 3. The monoisotopic (exact) mass is 278 g/mol. The van der Waals surface area contributed by atoms with Crippen molar-refractivity contribution in [1.82, 2.24) is 10.2 Å². The number of benzene rings is 1. The van der Waals surface area contributed by atoms with Crippen LogP contribution in [0.15, 0.2) is 24.3 Å². The Bertz CT molecular complexity index is 386. The van der Waals surface area contributed by atoms with Crippen molar-refractivity contribution in [3.05, 3.63) is 29.8 Å². The Balaban J connectivity index is 2.55. The summed E-state index contributed by atoms with van der Waals surface area (Å²) < 4.78 is 5.19. The van der Waals surface area contributed by atoms with E-state index in [-0.39, 0.29) is 5.41 Å². The zero-order chi connectivity index (χ0) is 15.2. The Hall–Kier alpha value is -1.06. The molecule has 0 saturated heterocycles. The van der Waals surface area contributed by atoms with Gasteiger partial charge >= 0.3 is 0 Å². The van der Waals surface area contributed by atoms with Crippen molar-refractivity contribution in [3.63, 3.8) is 0 Å². The largest absolute Gasteiger partial charge is 0.497 e. The lowest BCUT2D eigenvalue weighted by Crippen LogP contribution is -2.45. The maximum absolute atomic E-state index is 5.19. The van der Waals surface area contributed by atoms with Crippen LogP contribution in [0.2, 0.25) is 0 Å². The molecule has 0 saturated carbocycles. The third kappa shape index (κ3) is 5.14. The molecule has 0 aromatic heterocycles. The zero-order valence-electron chi connectivity index (χ0n) is 13.9. The van der Waals surface area contributed by atoms with E-state index in [9.17, 15) is 0 Å². The molecule has 1 aromatic rings. The lowest BCUT2D eigenvalue weighted by Gasteiger charge is -2.36. The van der Waals surface area contributed by atoms with E-state index in [1.807, 2.05) is 12.1 Å². The fraction of sp³-hybridized carbons (Fsp3) is 0.647. The lowest BCUT2D eigenvalue weighted by atomic mass is 9.84. The van der Waals surface area contributed by atoms with E-state index in [1.165, 1.54) is 5.56 Å². The molecular formula is C17H30N2O. The molecule has 3 heteroatoms. The molecule has 0 heterocycles. The second kappa shape index (κ2) is 7.65. The Kier molecular flexibility index (Phi) is 6.50. The second-order valence-corrected chi connectivity index (χ2v) is 6.29. The molecule has 0 spiro atoms. The first kappa shape index (κ1) is 17.0. The summed E-state index contributed by atoms with van der Waals surface area (Å²) in [4.78, 5) is 2.38. The molecule has 0 aliphatic rings. The van der Waals surface area contributed by atoms with Crippen LogP contribution in [-0.4, -0.2) is 38.2 Å². The molecule has 114 valence electrons. The standard InChI is InChI=1S/C17H30N2O/c1-7-18-14(2)17(3,4)13-19(5)12-15-8-10-16(20-6)11-9-15/h8-11,14,18H,7,12-13H2,1-6H3. The zero-order valence-corrected chi connectivity index (χ0v) is 13.9. The van der Waals surface area contributed by atoms with Gasteiger partial charge in [-0.3, -0.25) is 0 Å². The van der Waals surface area contributed by atoms with E-state index in [4.69, 9.17) is 4.74 Å². The minimum Gasteiger partial charge on any atom is -0.497 e. The fourth-order valence-corrected chi connectivity index (χ4v) is 2.51. The molecule has 0 radical (unpaired) electrons. The van der Waals surface area contributed by atoms with Gasteiger partial charge in [0, 0.05) is 19.1 Å². The maximum Gasteiger partial charge on any atom is 0.118 e. The first-order valence-corrected chi connectivity index (χ1v) is 7.44. The van der Waals surface area contributed by atoms with Gasteiger partial charge in [-0.25, -0.2) is 0 Å². The third-order valence-corrected chi connectivity index (χ3v) is 3.97. The molecule has 0 amide bonds. The van der Waals surface area contributed by atoms with Crippen molar-refractivity contribution in [2.24, 2.45) is 5.41 Å². The number of rotatable bonds is 8. The van der Waals surface area contributed by atoms with Crippen LogP contribution >= 0.6 is 0 Å². The maximum atomic E-state index is 5.19. The number of methoxy groups -OCH3 is 1. The van der Waals surface area contributed by atoms with Crippen LogP contribution in [0, 0.1) is 5.41 Å². The molecule has 3 nitrogen and oxygen atoms in total. The highest BCUT2D eigenvalue weighted by Gasteiger charge is 2.26. The number of nitrogens with one attached hydrogen (secondary N) is 1. The molecular weight excluding hydrogens is 248 g/mol. The normalized spacial score (nSPS) is 13.6. The third-order valence-electron chi connectivity index (χ3n) is 3.97. The van der Waals surface area contributed by atoms with Gasteiger partial charge in [0.05, 0.1) is 7.11 Å². The van der Waals surface area contributed by atoms with Gasteiger partial charge in [-0.05, 0) is 43.6 Å². The van der Waals surface area contributed by atoms with E-state index >= 15 is 0 Å². The van der Waals surface area contributed by atoms with E-state index in [0.29, 0.717) is 6.04 Å². The molecule has 0 fully saturated rings. The highest BCUT2D eigenvalue weighted by molar-refractivity contribution is 5.27. The summed E-state index contributed by atoms with van der Waals surface area (Å²) in [6, 6.07) is 8.82. The van der Waals surface area contributed by atoms with Crippen LogP contribution in [0.3, 0.4) is 0 Å². The van der Waals surface area contributed by atoms with Gasteiger partial charge in [-0.15, -0.1) is 0 Å². The summed E-state index contributed by atoms with van der Waals surface area (Å²) in [5.74, 6) is 0.914. The molecule has 0 aliphatic heterocycles. The smallest absolute Gasteiger partial charge is 0.118 e. The quantitative estimate of drug-likeness (QED) is 0.790.